The molecule has 9 heteroatoms. The second kappa shape index (κ2) is 11.1. The molecule has 0 unspecified atom stereocenters. The third-order valence-corrected chi connectivity index (χ3v) is 7.16. The van der Waals surface area contributed by atoms with Gasteiger partial charge in [-0.3, -0.25) is 9.59 Å². The first-order valence-electron chi connectivity index (χ1n) is 13.5. The smallest absolute Gasteiger partial charge is 0.272 e. The molecule has 0 spiro atoms. The van der Waals surface area contributed by atoms with Gasteiger partial charge in [0, 0.05) is 31.9 Å². The molecule has 2 N–H and O–H groups in total. The molecule has 0 radical (unpaired) electrons. The number of aryl methyl sites for hydroxylation is 1. The molecular formula is C32H29N7O2. The van der Waals surface area contributed by atoms with Crippen LogP contribution in [-0.2, 0) is 0 Å². The Morgan fingerprint density at radius 1 is 0.732 bits per heavy atom. The normalized spacial score (nSPS) is 13.3. The molecule has 41 heavy (non-hydrogen) atoms. The number of pyridine rings is 2. The highest BCUT2D eigenvalue weighted by atomic mass is 16.2. The first-order chi connectivity index (χ1) is 20.0. The fourth-order valence-electron chi connectivity index (χ4n) is 4.86. The van der Waals surface area contributed by atoms with Crippen molar-refractivity contribution in [1.82, 2.24) is 29.7 Å². The Morgan fingerprint density at radius 3 is 2.05 bits per heavy atom. The van der Waals surface area contributed by atoms with Crippen molar-refractivity contribution in [2.75, 3.05) is 31.5 Å². The van der Waals surface area contributed by atoms with E-state index in [1.54, 1.807) is 28.0 Å². The van der Waals surface area contributed by atoms with E-state index >= 15 is 0 Å². The van der Waals surface area contributed by atoms with Crippen molar-refractivity contribution in [1.29, 1.82) is 0 Å². The lowest BCUT2D eigenvalue weighted by Crippen LogP contribution is -2.50. The predicted octanol–water partition coefficient (Wildman–Crippen LogP) is 5.01. The number of anilines is 1. The maximum atomic E-state index is 13.3. The number of aromatic amines is 1. The Bertz CT molecular complexity index is 1740. The van der Waals surface area contributed by atoms with Crippen molar-refractivity contribution in [2.45, 2.75) is 6.92 Å². The second-order valence-electron chi connectivity index (χ2n) is 9.92. The van der Waals surface area contributed by atoms with Crippen molar-refractivity contribution in [3.63, 3.8) is 0 Å². The van der Waals surface area contributed by atoms with E-state index in [0.717, 1.165) is 22.3 Å². The number of imidazole rings is 1. The largest absolute Gasteiger partial charge is 0.354 e. The van der Waals surface area contributed by atoms with Crippen LogP contribution in [0.4, 0.5) is 5.69 Å². The minimum Gasteiger partial charge on any atom is -0.354 e. The average molecular weight is 544 g/mol. The summed E-state index contributed by atoms with van der Waals surface area (Å²) in [5.41, 5.74) is 6.28. The van der Waals surface area contributed by atoms with Gasteiger partial charge in [-0.05, 0) is 55.0 Å². The molecular weight excluding hydrogens is 514 g/mol. The highest BCUT2D eigenvalue weighted by Crippen LogP contribution is 2.21. The summed E-state index contributed by atoms with van der Waals surface area (Å²) in [5.74, 6) is 0.268. The van der Waals surface area contributed by atoms with Gasteiger partial charge in [-0.1, -0.05) is 49.0 Å². The Kier molecular flexibility index (Phi) is 6.99. The summed E-state index contributed by atoms with van der Waals surface area (Å²) in [6.45, 7) is 7.75. The van der Waals surface area contributed by atoms with Crippen LogP contribution < -0.4 is 5.32 Å². The van der Waals surface area contributed by atoms with Gasteiger partial charge in [-0.2, -0.15) is 0 Å². The lowest BCUT2D eigenvalue weighted by molar-refractivity contribution is 0.0529. The lowest BCUT2D eigenvalue weighted by atomic mass is 10.2. The van der Waals surface area contributed by atoms with Crippen molar-refractivity contribution in [3.05, 3.63) is 114 Å². The zero-order valence-corrected chi connectivity index (χ0v) is 22.7. The average Bonchev–Trinajstić information content (AvgIpc) is 3.46. The molecule has 0 saturated carbocycles. The molecule has 0 bridgehead atoms. The van der Waals surface area contributed by atoms with Crippen molar-refractivity contribution >= 4 is 34.2 Å². The van der Waals surface area contributed by atoms with E-state index in [4.69, 9.17) is 0 Å². The van der Waals surface area contributed by atoms with Crippen molar-refractivity contribution < 1.29 is 9.59 Å². The fourth-order valence-corrected chi connectivity index (χ4v) is 4.86. The molecule has 6 rings (SSSR count). The van der Waals surface area contributed by atoms with Gasteiger partial charge in [0.1, 0.15) is 17.1 Å². The zero-order valence-electron chi connectivity index (χ0n) is 22.7. The Labute approximate surface area is 237 Å². The lowest BCUT2D eigenvalue weighted by Gasteiger charge is -2.34. The van der Waals surface area contributed by atoms with Crippen LogP contribution >= 0.6 is 0 Å². The third kappa shape index (κ3) is 5.42. The maximum Gasteiger partial charge on any atom is 0.272 e. The fraction of sp³-hybridized carbons (Fsp3) is 0.156. The number of nitrogens with zero attached hydrogens (tertiary/aromatic N) is 5. The van der Waals surface area contributed by atoms with Crippen LogP contribution in [0.5, 0.6) is 0 Å². The van der Waals surface area contributed by atoms with E-state index in [0.29, 0.717) is 60.5 Å². The monoisotopic (exact) mass is 543 g/mol. The number of hydrogen-bond acceptors (Lipinski definition) is 6. The number of aromatic nitrogens is 4. The molecule has 9 nitrogen and oxygen atoms in total. The van der Waals surface area contributed by atoms with Crippen LogP contribution in [-0.4, -0.2) is 67.7 Å². The van der Waals surface area contributed by atoms with E-state index in [2.05, 4.69) is 31.8 Å². The van der Waals surface area contributed by atoms with Crippen LogP contribution in [0, 0.1) is 6.92 Å². The summed E-state index contributed by atoms with van der Waals surface area (Å²) in [5, 5.41) is 3.29. The Balaban J connectivity index is 1.10. The molecule has 5 aromatic rings. The number of hydrogen-bond donors (Lipinski definition) is 2. The van der Waals surface area contributed by atoms with Crippen molar-refractivity contribution in [2.24, 2.45) is 0 Å². The molecule has 1 aliphatic rings. The molecule has 1 aliphatic heterocycles. The quantitative estimate of drug-likeness (QED) is 0.312. The minimum absolute atomic E-state index is 0.172. The molecule has 1 fully saturated rings. The molecule has 1 saturated heterocycles. The van der Waals surface area contributed by atoms with E-state index in [1.165, 1.54) is 0 Å². The first kappa shape index (κ1) is 25.9. The summed E-state index contributed by atoms with van der Waals surface area (Å²) in [6.07, 6.45) is 0. The molecule has 204 valence electrons. The Hall–Kier alpha value is -5.31. The number of carbonyl (C=O) groups is 2. The van der Waals surface area contributed by atoms with Gasteiger partial charge in [0.05, 0.1) is 22.4 Å². The van der Waals surface area contributed by atoms with Crippen LogP contribution in [0.3, 0.4) is 0 Å². The van der Waals surface area contributed by atoms with Gasteiger partial charge in [0.25, 0.3) is 11.8 Å². The molecule has 0 atom stereocenters. The third-order valence-electron chi connectivity index (χ3n) is 7.16. The van der Waals surface area contributed by atoms with Gasteiger partial charge in [-0.15, -0.1) is 0 Å². The highest BCUT2D eigenvalue weighted by Gasteiger charge is 2.27. The number of rotatable bonds is 6. The van der Waals surface area contributed by atoms with Gasteiger partial charge in [0.2, 0.25) is 0 Å². The van der Waals surface area contributed by atoms with Crippen LogP contribution in [0.1, 0.15) is 32.2 Å². The summed E-state index contributed by atoms with van der Waals surface area (Å²) < 4.78 is 0. The molecule has 2 amide bonds. The van der Waals surface area contributed by atoms with Crippen LogP contribution in [0.15, 0.2) is 91.5 Å². The van der Waals surface area contributed by atoms with Gasteiger partial charge in [0.15, 0.2) is 5.82 Å². The topological polar surface area (TPSA) is 107 Å². The standard InChI is InChI=1S/C32H29N7O2/c1-21-9-3-4-10-23(21)33-22(2)24-13-7-15-28(34-24)31(40)38-17-19-39(20-18-38)32(41)29-16-8-14-27(35-29)30-36-25-11-5-6-12-26(25)37-30/h3-16,33H,2,17-20H2,1H3,(H,36,37). The van der Waals surface area contributed by atoms with Crippen LogP contribution in [0.25, 0.3) is 28.2 Å². The number of piperazine rings is 1. The minimum atomic E-state index is -0.173. The van der Waals surface area contributed by atoms with E-state index in [-0.39, 0.29) is 11.8 Å². The number of fused-ring (bicyclic) bond motifs is 1. The van der Waals surface area contributed by atoms with Gasteiger partial charge in [-0.25, -0.2) is 15.0 Å². The van der Waals surface area contributed by atoms with Gasteiger partial charge >= 0.3 is 0 Å². The number of H-pyrrole nitrogens is 1. The summed E-state index contributed by atoms with van der Waals surface area (Å²) in [6, 6.07) is 26.3. The summed E-state index contributed by atoms with van der Waals surface area (Å²) in [7, 11) is 0. The Morgan fingerprint density at radius 2 is 1.34 bits per heavy atom. The number of para-hydroxylation sites is 3. The number of amides is 2. The predicted molar refractivity (Wildman–Crippen MR) is 159 cm³/mol. The van der Waals surface area contributed by atoms with E-state index < -0.39 is 0 Å². The second-order valence-corrected chi connectivity index (χ2v) is 9.92. The first-order valence-corrected chi connectivity index (χ1v) is 13.5. The van der Waals surface area contributed by atoms with E-state index in [9.17, 15) is 9.59 Å². The molecule has 4 heterocycles. The SMILES string of the molecule is C=C(Nc1ccccc1C)c1cccc(C(=O)N2CCN(C(=O)c3cccc(-c4nc5ccccc5[nH]4)n3)CC2)n1. The van der Waals surface area contributed by atoms with Gasteiger partial charge < -0.3 is 20.1 Å². The van der Waals surface area contributed by atoms with Crippen LogP contribution in [0.2, 0.25) is 0 Å². The zero-order chi connectivity index (χ0) is 28.3. The number of benzene rings is 2. The van der Waals surface area contributed by atoms with E-state index in [1.807, 2.05) is 73.7 Å². The molecule has 2 aromatic carbocycles. The molecule has 0 aliphatic carbocycles. The maximum absolute atomic E-state index is 13.3. The summed E-state index contributed by atoms with van der Waals surface area (Å²) in [4.78, 5) is 47.1. The number of nitrogens with one attached hydrogen (secondary N) is 2. The number of carbonyl (C=O) groups excluding carboxylic acids is 2. The highest BCUT2D eigenvalue weighted by molar-refractivity contribution is 5.95. The molecule has 3 aromatic heterocycles. The van der Waals surface area contributed by atoms with Crippen molar-refractivity contribution in [3.8, 4) is 11.5 Å². The summed E-state index contributed by atoms with van der Waals surface area (Å²) >= 11 is 0.